The van der Waals surface area contributed by atoms with Crippen LogP contribution >= 0.6 is 0 Å². The summed E-state index contributed by atoms with van der Waals surface area (Å²) < 4.78 is 5.25. The van der Waals surface area contributed by atoms with Crippen LogP contribution in [0.2, 0.25) is 0 Å². The van der Waals surface area contributed by atoms with Gasteiger partial charge in [0.1, 0.15) is 0 Å². The zero-order chi connectivity index (χ0) is 11.2. The van der Waals surface area contributed by atoms with Crippen LogP contribution in [0.1, 0.15) is 12.8 Å². The average molecular weight is 210 g/mol. The van der Waals surface area contributed by atoms with Crippen LogP contribution in [0.25, 0.3) is 0 Å². The van der Waals surface area contributed by atoms with E-state index in [1.165, 1.54) is 0 Å². The van der Waals surface area contributed by atoms with Crippen LogP contribution in [-0.4, -0.2) is 23.4 Å². The van der Waals surface area contributed by atoms with Crippen LogP contribution < -0.4 is 0 Å². The molecule has 0 atom stereocenters. The third-order valence-electron chi connectivity index (χ3n) is 1.52. The molecule has 15 heavy (non-hydrogen) atoms. The van der Waals surface area contributed by atoms with Gasteiger partial charge in [0.15, 0.2) is 0 Å². The lowest BCUT2D eigenvalue weighted by Gasteiger charge is -1.93. The Labute approximate surface area is 90.7 Å². The molecule has 0 amide bonds. The van der Waals surface area contributed by atoms with E-state index in [0.29, 0.717) is 13.2 Å². The molecule has 0 aliphatic heterocycles. The van der Waals surface area contributed by atoms with E-state index >= 15 is 0 Å². The van der Waals surface area contributed by atoms with Crippen molar-refractivity contribution in [2.45, 2.75) is 12.8 Å². The predicted octanol–water partition coefficient (Wildman–Crippen LogP) is 3.04. The van der Waals surface area contributed by atoms with Gasteiger partial charge in [0, 0.05) is 0 Å². The van der Waals surface area contributed by atoms with Gasteiger partial charge in [-0.25, -0.2) is 0 Å². The Balaban J connectivity index is 3.23. The molecule has 0 radical (unpaired) electrons. The lowest BCUT2D eigenvalue weighted by atomic mass is 10.4. The van der Waals surface area contributed by atoms with Gasteiger partial charge < -0.3 is 14.9 Å². The highest BCUT2D eigenvalue weighted by molar-refractivity contribution is 4.91. The highest BCUT2D eigenvalue weighted by atomic mass is 16.5. The predicted molar refractivity (Wildman–Crippen MR) is 61.9 cm³/mol. The molecule has 0 aromatic rings. The van der Waals surface area contributed by atoms with E-state index in [-0.39, 0.29) is 0 Å². The highest BCUT2D eigenvalue weighted by Crippen LogP contribution is 1.88. The van der Waals surface area contributed by atoms with Crippen LogP contribution in [0.3, 0.4) is 0 Å². The molecule has 0 bridgehead atoms. The SMILES string of the molecule is OC=CCC=CCOCC=CCC=CO. The van der Waals surface area contributed by atoms with E-state index in [1.54, 1.807) is 12.2 Å². The number of hydrogen-bond donors (Lipinski definition) is 2. The topological polar surface area (TPSA) is 49.7 Å². The Bertz CT molecular complexity index is 203. The summed E-state index contributed by atoms with van der Waals surface area (Å²) in [6, 6.07) is 0. The monoisotopic (exact) mass is 210 g/mol. The fraction of sp³-hybridized carbons (Fsp3) is 0.333. The van der Waals surface area contributed by atoms with Gasteiger partial charge >= 0.3 is 0 Å². The van der Waals surface area contributed by atoms with Crippen molar-refractivity contribution < 1.29 is 14.9 Å². The Morgan fingerprint density at radius 3 is 1.53 bits per heavy atom. The molecule has 0 fully saturated rings. The molecule has 84 valence electrons. The molecule has 0 saturated carbocycles. The molecule has 0 heterocycles. The summed E-state index contributed by atoms with van der Waals surface area (Å²) in [5.74, 6) is 0. The molecular weight excluding hydrogens is 192 g/mol. The lowest BCUT2D eigenvalue weighted by Crippen LogP contribution is -1.89. The first-order valence-electron chi connectivity index (χ1n) is 4.88. The van der Waals surface area contributed by atoms with E-state index in [9.17, 15) is 0 Å². The second-order valence-electron chi connectivity index (χ2n) is 2.72. The van der Waals surface area contributed by atoms with Crippen LogP contribution in [-0.2, 0) is 4.74 Å². The van der Waals surface area contributed by atoms with Crippen molar-refractivity contribution >= 4 is 0 Å². The van der Waals surface area contributed by atoms with E-state index in [2.05, 4.69) is 0 Å². The van der Waals surface area contributed by atoms with Gasteiger partial charge in [-0.05, 0) is 25.0 Å². The van der Waals surface area contributed by atoms with Gasteiger partial charge in [-0.2, -0.15) is 0 Å². The van der Waals surface area contributed by atoms with Crippen molar-refractivity contribution in [3.63, 3.8) is 0 Å². The fourth-order valence-electron chi connectivity index (χ4n) is 0.812. The van der Waals surface area contributed by atoms with Gasteiger partial charge in [0.05, 0.1) is 25.7 Å². The Morgan fingerprint density at radius 1 is 0.667 bits per heavy atom. The van der Waals surface area contributed by atoms with Crippen LogP contribution in [0.5, 0.6) is 0 Å². The van der Waals surface area contributed by atoms with Crippen LogP contribution in [0.4, 0.5) is 0 Å². The first kappa shape index (κ1) is 13.5. The second-order valence-corrected chi connectivity index (χ2v) is 2.72. The number of aliphatic hydroxyl groups is 2. The van der Waals surface area contributed by atoms with Crippen molar-refractivity contribution in [2.24, 2.45) is 0 Å². The summed E-state index contributed by atoms with van der Waals surface area (Å²) in [6.07, 6.45) is 14.5. The minimum Gasteiger partial charge on any atom is -0.516 e. The minimum atomic E-state index is 0.569. The molecule has 0 unspecified atom stereocenters. The van der Waals surface area contributed by atoms with Crippen molar-refractivity contribution in [2.75, 3.05) is 13.2 Å². The van der Waals surface area contributed by atoms with E-state index < -0.39 is 0 Å². The van der Waals surface area contributed by atoms with Gasteiger partial charge in [0.2, 0.25) is 0 Å². The third kappa shape index (κ3) is 12.5. The lowest BCUT2D eigenvalue weighted by molar-refractivity contribution is 0.193. The van der Waals surface area contributed by atoms with Gasteiger partial charge in [-0.3, -0.25) is 0 Å². The number of ether oxygens (including phenoxy) is 1. The Kier molecular flexibility index (Phi) is 11.3. The molecular formula is C12H18O3. The standard InChI is InChI=1S/C12H18O3/c13-9-5-1-3-7-11-15-12-8-4-2-6-10-14/h3-10,13-14H,1-2,11-12H2. The average Bonchev–Trinajstić information content (AvgIpc) is 2.26. The summed E-state index contributed by atoms with van der Waals surface area (Å²) in [6.45, 7) is 1.14. The molecule has 2 N–H and O–H groups in total. The minimum absolute atomic E-state index is 0.569. The third-order valence-corrected chi connectivity index (χ3v) is 1.52. The largest absolute Gasteiger partial charge is 0.516 e. The number of hydrogen-bond acceptors (Lipinski definition) is 3. The van der Waals surface area contributed by atoms with E-state index in [0.717, 1.165) is 25.4 Å². The van der Waals surface area contributed by atoms with Crippen molar-refractivity contribution in [1.29, 1.82) is 0 Å². The zero-order valence-electron chi connectivity index (χ0n) is 8.75. The molecule has 0 aromatic heterocycles. The first-order valence-corrected chi connectivity index (χ1v) is 4.88. The number of rotatable bonds is 8. The summed E-state index contributed by atoms with van der Waals surface area (Å²) in [5.41, 5.74) is 0. The zero-order valence-corrected chi connectivity index (χ0v) is 8.75. The number of aliphatic hydroxyl groups excluding tert-OH is 2. The Hall–Kier alpha value is -1.48. The molecule has 0 spiro atoms. The van der Waals surface area contributed by atoms with Gasteiger partial charge in [-0.1, -0.05) is 24.3 Å². The number of allylic oxidation sites excluding steroid dienone is 4. The maximum absolute atomic E-state index is 8.33. The molecule has 3 nitrogen and oxygen atoms in total. The Morgan fingerprint density at radius 2 is 1.13 bits per heavy atom. The summed E-state index contributed by atoms with van der Waals surface area (Å²) >= 11 is 0. The fourth-order valence-corrected chi connectivity index (χ4v) is 0.812. The molecule has 3 heteroatoms. The molecule has 0 aromatic carbocycles. The van der Waals surface area contributed by atoms with Crippen molar-refractivity contribution in [3.05, 3.63) is 49.0 Å². The van der Waals surface area contributed by atoms with Gasteiger partial charge in [-0.15, -0.1) is 0 Å². The maximum Gasteiger partial charge on any atom is 0.0754 e. The van der Waals surface area contributed by atoms with Crippen LogP contribution in [0, 0.1) is 0 Å². The van der Waals surface area contributed by atoms with Crippen LogP contribution in [0.15, 0.2) is 49.0 Å². The highest BCUT2D eigenvalue weighted by Gasteiger charge is 1.78. The molecule has 0 aliphatic rings. The quantitative estimate of drug-likeness (QED) is 0.368. The summed E-state index contributed by atoms with van der Waals surface area (Å²) in [4.78, 5) is 0. The summed E-state index contributed by atoms with van der Waals surface area (Å²) in [7, 11) is 0. The molecule has 0 rings (SSSR count). The maximum atomic E-state index is 8.33. The molecule has 0 saturated heterocycles. The normalized spacial score (nSPS) is 12.8. The smallest absolute Gasteiger partial charge is 0.0754 e. The summed E-state index contributed by atoms with van der Waals surface area (Å²) in [5, 5.41) is 16.7. The van der Waals surface area contributed by atoms with Crippen molar-refractivity contribution in [3.8, 4) is 0 Å². The first-order chi connectivity index (χ1) is 7.41. The molecule has 0 aliphatic carbocycles. The van der Waals surface area contributed by atoms with E-state index in [4.69, 9.17) is 14.9 Å². The second kappa shape index (κ2) is 12.5. The van der Waals surface area contributed by atoms with Crippen molar-refractivity contribution in [1.82, 2.24) is 0 Å². The van der Waals surface area contributed by atoms with Gasteiger partial charge in [0.25, 0.3) is 0 Å². The van der Waals surface area contributed by atoms with E-state index in [1.807, 2.05) is 24.3 Å².